The Bertz CT molecular complexity index is 1460. The van der Waals surface area contributed by atoms with E-state index in [0.29, 0.717) is 30.9 Å². The molecule has 3 aromatic carbocycles. The van der Waals surface area contributed by atoms with Gasteiger partial charge in [-0.15, -0.1) is 0 Å². The first-order chi connectivity index (χ1) is 18.2. The van der Waals surface area contributed by atoms with Gasteiger partial charge in [0.2, 0.25) is 17.8 Å². The maximum Gasteiger partial charge on any atom is 0.234 e. The summed E-state index contributed by atoms with van der Waals surface area (Å²) in [5.41, 5.74) is 3.52. The lowest BCUT2D eigenvalue weighted by molar-refractivity contribution is 0.311. The molecule has 0 atom stereocenters. The number of fused-ring (bicyclic) bond motifs is 1. The van der Waals surface area contributed by atoms with E-state index in [-0.39, 0.29) is 0 Å². The first kappa shape index (κ1) is 23.1. The average molecular weight is 491 g/mol. The van der Waals surface area contributed by atoms with Gasteiger partial charge in [0.15, 0.2) is 0 Å². The third-order valence-electron chi connectivity index (χ3n) is 6.79. The molecule has 0 aliphatic carbocycles. The minimum Gasteiger partial charge on any atom is -0.350 e. The van der Waals surface area contributed by atoms with E-state index in [1.807, 2.05) is 18.2 Å². The maximum atomic E-state index is 4.76. The molecule has 0 spiro atoms. The van der Waals surface area contributed by atoms with Crippen molar-refractivity contribution < 1.29 is 0 Å². The number of piperazine rings is 1. The molecule has 0 unspecified atom stereocenters. The van der Waals surface area contributed by atoms with Crippen molar-refractivity contribution in [1.29, 1.82) is 0 Å². The summed E-state index contributed by atoms with van der Waals surface area (Å²) in [7, 11) is 2.14. The quantitative estimate of drug-likeness (QED) is 0.417. The van der Waals surface area contributed by atoms with Crippen LogP contribution in [0.5, 0.6) is 0 Å². The zero-order chi connectivity index (χ0) is 25.0. The van der Waals surface area contributed by atoms with E-state index in [2.05, 4.69) is 93.1 Å². The fourth-order valence-electron chi connectivity index (χ4n) is 4.61. The summed E-state index contributed by atoms with van der Waals surface area (Å²) in [5.74, 6) is 2.48. The molecular weight excluding hydrogens is 460 g/mol. The first-order valence-corrected chi connectivity index (χ1v) is 12.7. The fourth-order valence-corrected chi connectivity index (χ4v) is 4.61. The number of hydrogen-bond acceptors (Lipinski definition) is 8. The molecule has 0 amide bonds. The number of rotatable bonds is 6. The van der Waals surface area contributed by atoms with Gasteiger partial charge < -0.3 is 20.4 Å². The molecule has 0 saturated carbocycles. The van der Waals surface area contributed by atoms with Gasteiger partial charge in [0, 0.05) is 32.7 Å². The second-order valence-electron chi connectivity index (χ2n) is 9.47. The minimum atomic E-state index is 0.495. The van der Waals surface area contributed by atoms with Gasteiger partial charge in [-0.3, -0.25) is 4.99 Å². The molecule has 1 aromatic heterocycles. The zero-order valence-electron chi connectivity index (χ0n) is 20.9. The molecule has 2 N–H and O–H groups in total. The Hall–Kier alpha value is -4.30. The molecule has 2 aliphatic rings. The van der Waals surface area contributed by atoms with Crippen LogP contribution in [-0.4, -0.2) is 65.5 Å². The van der Waals surface area contributed by atoms with Crippen molar-refractivity contribution in [1.82, 2.24) is 19.9 Å². The second kappa shape index (κ2) is 10.4. The van der Waals surface area contributed by atoms with Gasteiger partial charge in [0.05, 0.1) is 6.54 Å². The summed E-state index contributed by atoms with van der Waals surface area (Å²) in [6, 6.07) is 25.2. The SMILES string of the molecule is CN1CCN(c2nc(NCc3ccccc3)nc(NC3=NCC(c4ccc5ccccc5c4)=C3)n2)CC1. The maximum absolute atomic E-state index is 4.76. The normalized spacial score (nSPS) is 16.0. The molecule has 6 rings (SSSR count). The van der Waals surface area contributed by atoms with Gasteiger partial charge >= 0.3 is 0 Å². The number of benzene rings is 3. The molecule has 0 radical (unpaired) electrons. The zero-order valence-corrected chi connectivity index (χ0v) is 20.9. The Kier molecular flexibility index (Phi) is 6.47. The highest BCUT2D eigenvalue weighted by atomic mass is 15.4. The summed E-state index contributed by atoms with van der Waals surface area (Å²) in [6.07, 6.45) is 2.08. The van der Waals surface area contributed by atoms with Crippen LogP contribution in [-0.2, 0) is 6.54 Å². The average Bonchev–Trinajstić information content (AvgIpc) is 3.41. The Morgan fingerprint density at radius 1 is 0.784 bits per heavy atom. The standard InChI is InChI=1S/C29H30N8/c1-36-13-15-37(16-14-36)29-34-27(31-19-21-7-3-2-4-8-21)33-28(35-29)32-26-18-25(20-30-26)24-12-11-22-9-5-6-10-23(22)17-24/h2-12,17-18H,13-16,19-20H2,1H3,(H2,30,31,32,33,34,35). The third kappa shape index (κ3) is 5.44. The van der Waals surface area contributed by atoms with Crippen LogP contribution in [0.2, 0.25) is 0 Å². The smallest absolute Gasteiger partial charge is 0.234 e. The number of nitrogens with zero attached hydrogens (tertiary/aromatic N) is 6. The lowest BCUT2D eigenvalue weighted by atomic mass is 10.0. The highest BCUT2D eigenvalue weighted by Crippen LogP contribution is 2.24. The lowest BCUT2D eigenvalue weighted by Crippen LogP contribution is -2.45. The Morgan fingerprint density at radius 3 is 2.38 bits per heavy atom. The van der Waals surface area contributed by atoms with E-state index in [1.165, 1.54) is 27.5 Å². The van der Waals surface area contributed by atoms with Crippen LogP contribution in [0.25, 0.3) is 16.3 Å². The summed E-state index contributed by atoms with van der Waals surface area (Å²) < 4.78 is 0. The van der Waals surface area contributed by atoms with Crippen molar-refractivity contribution in [3.63, 3.8) is 0 Å². The predicted molar refractivity (Wildman–Crippen MR) is 151 cm³/mol. The molecule has 2 aliphatic heterocycles. The van der Waals surface area contributed by atoms with E-state index < -0.39 is 0 Å². The molecular formula is C29H30N8. The highest BCUT2D eigenvalue weighted by molar-refractivity contribution is 6.10. The van der Waals surface area contributed by atoms with Crippen LogP contribution in [0.15, 0.2) is 83.9 Å². The van der Waals surface area contributed by atoms with Crippen molar-refractivity contribution in [3.05, 3.63) is 90.0 Å². The number of nitrogens with one attached hydrogen (secondary N) is 2. The van der Waals surface area contributed by atoms with Crippen molar-refractivity contribution in [3.8, 4) is 0 Å². The lowest BCUT2D eigenvalue weighted by Gasteiger charge is -2.32. The van der Waals surface area contributed by atoms with Crippen LogP contribution in [0.4, 0.5) is 17.8 Å². The van der Waals surface area contributed by atoms with E-state index in [4.69, 9.17) is 15.0 Å². The summed E-state index contributed by atoms with van der Waals surface area (Å²) in [4.78, 5) is 23.4. The van der Waals surface area contributed by atoms with Crippen molar-refractivity contribution >= 4 is 40.0 Å². The molecule has 8 nitrogen and oxygen atoms in total. The van der Waals surface area contributed by atoms with Gasteiger partial charge in [-0.05, 0) is 46.7 Å². The monoisotopic (exact) mass is 490 g/mol. The van der Waals surface area contributed by atoms with Crippen molar-refractivity contribution in [2.75, 3.05) is 55.3 Å². The number of likely N-dealkylation sites (N-methyl/N-ethyl adjacent to an activating group) is 1. The number of amidine groups is 1. The van der Waals surface area contributed by atoms with Crippen LogP contribution in [0, 0.1) is 0 Å². The van der Waals surface area contributed by atoms with Crippen molar-refractivity contribution in [2.24, 2.45) is 4.99 Å². The summed E-state index contributed by atoms with van der Waals surface area (Å²) in [6.45, 7) is 4.98. The molecule has 0 bridgehead atoms. The first-order valence-electron chi connectivity index (χ1n) is 12.7. The largest absolute Gasteiger partial charge is 0.350 e. The molecule has 186 valence electrons. The van der Waals surface area contributed by atoms with Crippen LogP contribution in [0.1, 0.15) is 11.1 Å². The molecule has 3 heterocycles. The molecule has 37 heavy (non-hydrogen) atoms. The van der Waals surface area contributed by atoms with Gasteiger partial charge in [0.1, 0.15) is 5.84 Å². The van der Waals surface area contributed by atoms with Gasteiger partial charge in [-0.1, -0.05) is 66.7 Å². The van der Waals surface area contributed by atoms with Crippen LogP contribution >= 0.6 is 0 Å². The van der Waals surface area contributed by atoms with Gasteiger partial charge in [-0.25, -0.2) is 0 Å². The van der Waals surface area contributed by atoms with E-state index in [0.717, 1.165) is 32.0 Å². The molecule has 1 fully saturated rings. The summed E-state index contributed by atoms with van der Waals surface area (Å²) >= 11 is 0. The highest BCUT2D eigenvalue weighted by Gasteiger charge is 2.20. The minimum absolute atomic E-state index is 0.495. The van der Waals surface area contributed by atoms with Crippen LogP contribution < -0.4 is 15.5 Å². The number of aromatic nitrogens is 3. The van der Waals surface area contributed by atoms with E-state index in [1.54, 1.807) is 0 Å². The van der Waals surface area contributed by atoms with E-state index in [9.17, 15) is 0 Å². The molecule has 1 saturated heterocycles. The third-order valence-corrected chi connectivity index (χ3v) is 6.79. The Morgan fingerprint density at radius 2 is 1.54 bits per heavy atom. The summed E-state index contributed by atoms with van der Waals surface area (Å²) in [5, 5.41) is 9.18. The number of hydrogen-bond donors (Lipinski definition) is 2. The number of aliphatic imine (C=N–C) groups is 1. The molecule has 8 heteroatoms. The van der Waals surface area contributed by atoms with Gasteiger partial charge in [-0.2, -0.15) is 15.0 Å². The van der Waals surface area contributed by atoms with Crippen molar-refractivity contribution in [2.45, 2.75) is 6.54 Å². The Balaban J connectivity index is 1.23. The Labute approximate surface area is 216 Å². The predicted octanol–water partition coefficient (Wildman–Crippen LogP) is 4.30. The van der Waals surface area contributed by atoms with Gasteiger partial charge in [0.25, 0.3) is 0 Å². The van der Waals surface area contributed by atoms with E-state index >= 15 is 0 Å². The fraction of sp³-hybridized carbons (Fsp3) is 0.241. The van der Waals surface area contributed by atoms with Crippen LogP contribution in [0.3, 0.4) is 0 Å². The topological polar surface area (TPSA) is 81.6 Å². The molecule has 4 aromatic rings. The number of anilines is 3. The second-order valence-corrected chi connectivity index (χ2v) is 9.47.